The summed E-state index contributed by atoms with van der Waals surface area (Å²) in [6.45, 7) is 5.35. The highest BCUT2D eigenvalue weighted by molar-refractivity contribution is 5.49. The van der Waals surface area contributed by atoms with E-state index in [4.69, 9.17) is 10.5 Å². The van der Waals surface area contributed by atoms with Crippen molar-refractivity contribution in [1.82, 2.24) is 0 Å². The SMILES string of the molecule is COC1CCN(c2ccc([C@@H](C)N)cc2)C(C)C1. The first-order valence-electron chi connectivity index (χ1n) is 6.76. The van der Waals surface area contributed by atoms with Gasteiger partial charge >= 0.3 is 0 Å². The minimum atomic E-state index is 0.107. The molecule has 1 aliphatic heterocycles. The summed E-state index contributed by atoms with van der Waals surface area (Å²) >= 11 is 0. The minimum absolute atomic E-state index is 0.107. The van der Waals surface area contributed by atoms with Crippen LogP contribution in [-0.4, -0.2) is 25.8 Å². The van der Waals surface area contributed by atoms with Crippen LogP contribution < -0.4 is 10.6 Å². The van der Waals surface area contributed by atoms with Gasteiger partial charge in [-0.1, -0.05) is 12.1 Å². The fourth-order valence-electron chi connectivity index (χ4n) is 2.70. The summed E-state index contributed by atoms with van der Waals surface area (Å²) in [6, 6.07) is 9.27. The van der Waals surface area contributed by atoms with Gasteiger partial charge in [-0.3, -0.25) is 0 Å². The lowest BCUT2D eigenvalue weighted by molar-refractivity contribution is 0.0721. The van der Waals surface area contributed by atoms with Crippen molar-refractivity contribution in [2.45, 2.75) is 44.9 Å². The van der Waals surface area contributed by atoms with E-state index in [0.29, 0.717) is 12.1 Å². The lowest BCUT2D eigenvalue weighted by atomic mass is 9.99. The van der Waals surface area contributed by atoms with Crippen LogP contribution in [0.15, 0.2) is 24.3 Å². The molecule has 0 amide bonds. The van der Waals surface area contributed by atoms with Crippen molar-refractivity contribution in [3.63, 3.8) is 0 Å². The number of methoxy groups -OCH3 is 1. The molecule has 1 heterocycles. The van der Waals surface area contributed by atoms with Crippen molar-refractivity contribution >= 4 is 5.69 Å². The third kappa shape index (κ3) is 2.85. The van der Waals surface area contributed by atoms with Crippen molar-refractivity contribution < 1.29 is 4.74 Å². The molecule has 100 valence electrons. The minimum Gasteiger partial charge on any atom is -0.381 e. The Labute approximate surface area is 110 Å². The zero-order valence-corrected chi connectivity index (χ0v) is 11.6. The number of ether oxygens (including phenoxy) is 1. The second-order valence-corrected chi connectivity index (χ2v) is 5.30. The van der Waals surface area contributed by atoms with Crippen LogP contribution in [0.5, 0.6) is 0 Å². The first-order valence-corrected chi connectivity index (χ1v) is 6.76. The fourth-order valence-corrected chi connectivity index (χ4v) is 2.70. The smallest absolute Gasteiger partial charge is 0.0607 e. The van der Waals surface area contributed by atoms with Crippen LogP contribution >= 0.6 is 0 Å². The van der Waals surface area contributed by atoms with Crippen LogP contribution in [0.1, 0.15) is 38.3 Å². The molecule has 0 aromatic heterocycles. The van der Waals surface area contributed by atoms with Gasteiger partial charge in [-0.25, -0.2) is 0 Å². The Morgan fingerprint density at radius 2 is 2.00 bits per heavy atom. The number of rotatable bonds is 3. The second kappa shape index (κ2) is 5.72. The molecule has 1 aromatic rings. The summed E-state index contributed by atoms with van der Waals surface area (Å²) in [5.41, 5.74) is 8.36. The molecule has 1 aromatic carbocycles. The van der Waals surface area contributed by atoms with E-state index < -0.39 is 0 Å². The number of piperidine rings is 1. The van der Waals surface area contributed by atoms with E-state index in [0.717, 1.165) is 19.4 Å². The van der Waals surface area contributed by atoms with Crippen molar-refractivity contribution in [2.24, 2.45) is 5.73 Å². The van der Waals surface area contributed by atoms with Crippen LogP contribution in [-0.2, 0) is 4.74 Å². The first-order chi connectivity index (χ1) is 8.61. The molecule has 3 atom stereocenters. The standard InChI is InChI=1S/C15H24N2O/c1-11-10-15(18-3)8-9-17(11)14-6-4-13(5-7-14)12(2)16/h4-7,11-12,15H,8-10,16H2,1-3H3/t11?,12-,15?/m1/s1. The largest absolute Gasteiger partial charge is 0.381 e. The molecule has 0 bridgehead atoms. The third-order valence-corrected chi connectivity index (χ3v) is 3.91. The van der Waals surface area contributed by atoms with E-state index >= 15 is 0 Å². The Morgan fingerprint density at radius 3 is 2.50 bits per heavy atom. The molecule has 18 heavy (non-hydrogen) atoms. The lowest BCUT2D eigenvalue weighted by Crippen LogP contribution is -2.43. The molecule has 0 saturated carbocycles. The monoisotopic (exact) mass is 248 g/mol. The number of nitrogens with two attached hydrogens (primary N) is 1. The molecule has 1 aliphatic rings. The zero-order valence-electron chi connectivity index (χ0n) is 11.6. The Morgan fingerprint density at radius 1 is 1.33 bits per heavy atom. The third-order valence-electron chi connectivity index (χ3n) is 3.91. The van der Waals surface area contributed by atoms with Gasteiger partial charge in [0.2, 0.25) is 0 Å². The quantitative estimate of drug-likeness (QED) is 0.894. The van der Waals surface area contributed by atoms with Gasteiger partial charge in [-0.2, -0.15) is 0 Å². The molecule has 0 spiro atoms. The van der Waals surface area contributed by atoms with Crippen LogP contribution in [0.3, 0.4) is 0 Å². The average molecular weight is 248 g/mol. The van der Waals surface area contributed by atoms with Crippen LogP contribution in [0, 0.1) is 0 Å². The Balaban J connectivity index is 2.07. The maximum absolute atomic E-state index is 5.88. The number of anilines is 1. The van der Waals surface area contributed by atoms with Crippen molar-refractivity contribution in [2.75, 3.05) is 18.6 Å². The van der Waals surface area contributed by atoms with Crippen LogP contribution in [0.25, 0.3) is 0 Å². The number of nitrogens with zero attached hydrogens (tertiary/aromatic N) is 1. The molecule has 2 unspecified atom stereocenters. The topological polar surface area (TPSA) is 38.5 Å². The van der Waals surface area contributed by atoms with Crippen molar-refractivity contribution in [3.8, 4) is 0 Å². The van der Waals surface area contributed by atoms with E-state index in [2.05, 4.69) is 36.1 Å². The van der Waals surface area contributed by atoms with Crippen LogP contribution in [0.2, 0.25) is 0 Å². The summed E-state index contributed by atoms with van der Waals surface area (Å²) < 4.78 is 5.45. The maximum Gasteiger partial charge on any atom is 0.0607 e. The normalized spacial score (nSPS) is 26.1. The molecule has 1 fully saturated rings. The van der Waals surface area contributed by atoms with Gasteiger partial charge in [-0.15, -0.1) is 0 Å². The fraction of sp³-hybridized carbons (Fsp3) is 0.600. The van der Waals surface area contributed by atoms with Gasteiger partial charge in [0.1, 0.15) is 0 Å². The predicted octanol–water partition coefficient (Wildman–Crippen LogP) is 2.71. The van der Waals surface area contributed by atoms with E-state index in [-0.39, 0.29) is 6.04 Å². The highest BCUT2D eigenvalue weighted by Gasteiger charge is 2.25. The van der Waals surface area contributed by atoms with Crippen LogP contribution in [0.4, 0.5) is 5.69 Å². The summed E-state index contributed by atoms with van der Waals surface area (Å²) in [4.78, 5) is 2.46. The first kappa shape index (κ1) is 13.4. The number of hydrogen-bond donors (Lipinski definition) is 1. The molecular weight excluding hydrogens is 224 g/mol. The molecule has 2 N–H and O–H groups in total. The molecular formula is C15H24N2O. The highest BCUT2D eigenvalue weighted by atomic mass is 16.5. The molecule has 3 nitrogen and oxygen atoms in total. The average Bonchev–Trinajstić information content (AvgIpc) is 2.38. The zero-order chi connectivity index (χ0) is 13.1. The molecule has 2 rings (SSSR count). The molecule has 3 heteroatoms. The van der Waals surface area contributed by atoms with E-state index in [1.807, 2.05) is 14.0 Å². The summed E-state index contributed by atoms with van der Waals surface area (Å²) in [7, 11) is 1.81. The lowest BCUT2D eigenvalue weighted by Gasteiger charge is -2.38. The summed E-state index contributed by atoms with van der Waals surface area (Å²) in [6.07, 6.45) is 2.63. The Hall–Kier alpha value is -1.06. The maximum atomic E-state index is 5.88. The Kier molecular flexibility index (Phi) is 4.25. The van der Waals surface area contributed by atoms with Gasteiger partial charge in [0.25, 0.3) is 0 Å². The van der Waals surface area contributed by atoms with Gasteiger partial charge in [0.05, 0.1) is 6.10 Å². The molecule has 0 radical (unpaired) electrons. The van der Waals surface area contributed by atoms with Gasteiger partial charge in [0.15, 0.2) is 0 Å². The molecule has 1 saturated heterocycles. The Bertz CT molecular complexity index is 375. The van der Waals surface area contributed by atoms with Crippen molar-refractivity contribution in [1.29, 1.82) is 0 Å². The van der Waals surface area contributed by atoms with Crippen molar-refractivity contribution in [3.05, 3.63) is 29.8 Å². The summed E-state index contributed by atoms with van der Waals surface area (Å²) in [5.74, 6) is 0. The second-order valence-electron chi connectivity index (χ2n) is 5.30. The van der Waals surface area contributed by atoms with Gasteiger partial charge in [0, 0.05) is 31.4 Å². The van der Waals surface area contributed by atoms with E-state index in [9.17, 15) is 0 Å². The van der Waals surface area contributed by atoms with Gasteiger partial charge < -0.3 is 15.4 Å². The van der Waals surface area contributed by atoms with E-state index in [1.165, 1.54) is 11.3 Å². The predicted molar refractivity (Wildman–Crippen MR) is 75.9 cm³/mol. The number of hydrogen-bond acceptors (Lipinski definition) is 3. The molecule has 0 aliphatic carbocycles. The van der Waals surface area contributed by atoms with E-state index in [1.54, 1.807) is 0 Å². The number of benzene rings is 1. The van der Waals surface area contributed by atoms with Gasteiger partial charge in [-0.05, 0) is 44.4 Å². The highest BCUT2D eigenvalue weighted by Crippen LogP contribution is 2.26. The summed E-state index contributed by atoms with van der Waals surface area (Å²) in [5, 5.41) is 0.